The van der Waals surface area contributed by atoms with Crippen LogP contribution in [0.3, 0.4) is 0 Å². The molecular weight excluding hydrogens is 240 g/mol. The van der Waals surface area contributed by atoms with Gasteiger partial charge in [-0.3, -0.25) is 4.79 Å². The van der Waals surface area contributed by atoms with E-state index in [4.69, 9.17) is 10.5 Å². The maximum atomic E-state index is 11.8. The molecule has 1 saturated heterocycles. The van der Waals surface area contributed by atoms with Crippen LogP contribution >= 0.6 is 0 Å². The maximum Gasteiger partial charge on any atom is 0.219 e. The third kappa shape index (κ3) is 3.07. The summed E-state index contributed by atoms with van der Waals surface area (Å²) < 4.78 is 5.17. The number of nitrogens with two attached hydrogens (primary N) is 1. The summed E-state index contributed by atoms with van der Waals surface area (Å²) in [7, 11) is 1.66. The van der Waals surface area contributed by atoms with Gasteiger partial charge in [-0.2, -0.15) is 0 Å². The van der Waals surface area contributed by atoms with Gasteiger partial charge in [0.25, 0.3) is 0 Å². The van der Waals surface area contributed by atoms with E-state index in [1.54, 1.807) is 14.0 Å². The first-order valence-electron chi connectivity index (χ1n) is 6.77. The Morgan fingerprint density at radius 3 is 2.63 bits per heavy atom. The van der Waals surface area contributed by atoms with E-state index in [9.17, 15) is 4.79 Å². The Morgan fingerprint density at radius 2 is 2.11 bits per heavy atom. The highest BCUT2D eigenvalue weighted by Gasteiger charge is 2.33. The van der Waals surface area contributed by atoms with Gasteiger partial charge in [-0.05, 0) is 43.0 Å². The second-order valence-electron chi connectivity index (χ2n) is 5.14. The van der Waals surface area contributed by atoms with E-state index in [0.717, 1.165) is 25.1 Å². The lowest BCUT2D eigenvalue weighted by Gasteiger charge is -2.23. The molecule has 1 aromatic carbocycles. The van der Waals surface area contributed by atoms with E-state index in [1.165, 1.54) is 5.56 Å². The molecule has 2 atom stereocenters. The van der Waals surface area contributed by atoms with Crippen LogP contribution in [0.2, 0.25) is 0 Å². The minimum absolute atomic E-state index is 0.139. The topological polar surface area (TPSA) is 55.6 Å². The Balaban J connectivity index is 2.17. The highest BCUT2D eigenvalue weighted by atomic mass is 16.5. The molecule has 1 aliphatic heterocycles. The Hall–Kier alpha value is -1.55. The van der Waals surface area contributed by atoms with Crippen LogP contribution in [-0.2, 0) is 4.79 Å². The van der Waals surface area contributed by atoms with Gasteiger partial charge < -0.3 is 15.4 Å². The normalized spacial score (nSPS) is 22.6. The third-order valence-electron chi connectivity index (χ3n) is 3.87. The van der Waals surface area contributed by atoms with Crippen molar-refractivity contribution in [2.45, 2.75) is 25.8 Å². The van der Waals surface area contributed by atoms with Crippen molar-refractivity contribution in [3.63, 3.8) is 0 Å². The summed E-state index contributed by atoms with van der Waals surface area (Å²) >= 11 is 0. The number of likely N-dealkylation sites (tertiary alicyclic amines) is 1. The van der Waals surface area contributed by atoms with Crippen LogP contribution in [0.15, 0.2) is 24.3 Å². The Morgan fingerprint density at radius 1 is 1.42 bits per heavy atom. The zero-order valence-electron chi connectivity index (χ0n) is 11.6. The number of methoxy groups -OCH3 is 1. The molecule has 0 aliphatic carbocycles. The van der Waals surface area contributed by atoms with Crippen molar-refractivity contribution in [1.82, 2.24) is 4.90 Å². The van der Waals surface area contributed by atoms with E-state index in [1.807, 2.05) is 29.2 Å². The van der Waals surface area contributed by atoms with Crippen molar-refractivity contribution >= 4 is 5.91 Å². The standard InChI is InChI=1S/C15H22N2O2/c1-11(18)17-10-12(7-8-16)9-15(17)13-3-5-14(19-2)6-4-13/h3-6,12,15H,7-10,16H2,1-2H3. The van der Waals surface area contributed by atoms with E-state index in [2.05, 4.69) is 0 Å². The molecule has 4 nitrogen and oxygen atoms in total. The molecule has 1 amide bonds. The molecule has 0 spiro atoms. The van der Waals surface area contributed by atoms with Crippen LogP contribution in [0, 0.1) is 5.92 Å². The molecule has 1 heterocycles. The molecule has 2 rings (SSSR count). The zero-order chi connectivity index (χ0) is 13.8. The summed E-state index contributed by atoms with van der Waals surface area (Å²) in [6, 6.07) is 8.17. The fourth-order valence-corrected chi connectivity index (χ4v) is 2.86. The second kappa shape index (κ2) is 6.06. The van der Waals surface area contributed by atoms with Crippen molar-refractivity contribution in [2.24, 2.45) is 11.7 Å². The lowest BCUT2D eigenvalue weighted by Crippen LogP contribution is -2.29. The average molecular weight is 262 g/mol. The molecule has 104 valence electrons. The molecule has 1 aromatic rings. The molecule has 0 radical (unpaired) electrons. The lowest BCUT2D eigenvalue weighted by atomic mass is 9.97. The third-order valence-corrected chi connectivity index (χ3v) is 3.87. The molecular formula is C15H22N2O2. The van der Waals surface area contributed by atoms with Gasteiger partial charge in [0.15, 0.2) is 0 Å². The van der Waals surface area contributed by atoms with Crippen molar-refractivity contribution in [3.05, 3.63) is 29.8 Å². The van der Waals surface area contributed by atoms with Crippen LogP contribution in [0.1, 0.15) is 31.4 Å². The number of hydrogen-bond acceptors (Lipinski definition) is 3. The fourth-order valence-electron chi connectivity index (χ4n) is 2.86. The summed E-state index contributed by atoms with van der Waals surface area (Å²) in [4.78, 5) is 13.7. The number of rotatable bonds is 4. The molecule has 4 heteroatoms. The predicted molar refractivity (Wildman–Crippen MR) is 74.9 cm³/mol. The lowest BCUT2D eigenvalue weighted by molar-refractivity contribution is -0.129. The zero-order valence-corrected chi connectivity index (χ0v) is 11.6. The van der Waals surface area contributed by atoms with Crippen molar-refractivity contribution in [2.75, 3.05) is 20.2 Å². The number of ether oxygens (including phenoxy) is 1. The van der Waals surface area contributed by atoms with Gasteiger partial charge in [-0.15, -0.1) is 0 Å². The average Bonchev–Trinajstić information content (AvgIpc) is 2.83. The highest BCUT2D eigenvalue weighted by molar-refractivity contribution is 5.74. The van der Waals surface area contributed by atoms with E-state index in [-0.39, 0.29) is 11.9 Å². The molecule has 0 saturated carbocycles. The van der Waals surface area contributed by atoms with Crippen LogP contribution < -0.4 is 10.5 Å². The Labute approximate surface area is 114 Å². The van der Waals surface area contributed by atoms with Gasteiger partial charge in [0.2, 0.25) is 5.91 Å². The molecule has 2 unspecified atom stereocenters. The van der Waals surface area contributed by atoms with Gasteiger partial charge in [-0.1, -0.05) is 12.1 Å². The minimum Gasteiger partial charge on any atom is -0.497 e. The summed E-state index contributed by atoms with van der Waals surface area (Å²) in [6.45, 7) is 3.15. The SMILES string of the molecule is COc1ccc(C2CC(CCN)CN2C(C)=O)cc1. The minimum atomic E-state index is 0.139. The molecule has 0 bridgehead atoms. The van der Waals surface area contributed by atoms with Crippen LogP contribution in [0.5, 0.6) is 5.75 Å². The molecule has 2 N–H and O–H groups in total. The number of amides is 1. The first-order chi connectivity index (χ1) is 9.15. The molecule has 1 fully saturated rings. The number of hydrogen-bond donors (Lipinski definition) is 1. The van der Waals surface area contributed by atoms with Gasteiger partial charge in [-0.25, -0.2) is 0 Å². The highest BCUT2D eigenvalue weighted by Crippen LogP contribution is 2.37. The quantitative estimate of drug-likeness (QED) is 0.902. The maximum absolute atomic E-state index is 11.8. The van der Waals surface area contributed by atoms with Gasteiger partial charge in [0.05, 0.1) is 13.2 Å². The molecule has 1 aliphatic rings. The van der Waals surface area contributed by atoms with Crippen molar-refractivity contribution in [1.29, 1.82) is 0 Å². The van der Waals surface area contributed by atoms with Crippen molar-refractivity contribution < 1.29 is 9.53 Å². The first kappa shape index (κ1) is 13.9. The smallest absolute Gasteiger partial charge is 0.219 e. The largest absolute Gasteiger partial charge is 0.497 e. The predicted octanol–water partition coefficient (Wildman–Crippen LogP) is 1.95. The van der Waals surface area contributed by atoms with Gasteiger partial charge in [0, 0.05) is 13.5 Å². The molecule has 19 heavy (non-hydrogen) atoms. The van der Waals surface area contributed by atoms with E-state index in [0.29, 0.717) is 12.5 Å². The Bertz CT molecular complexity index is 430. The summed E-state index contributed by atoms with van der Waals surface area (Å²) in [5.74, 6) is 1.50. The van der Waals surface area contributed by atoms with Crippen LogP contribution in [-0.4, -0.2) is 31.0 Å². The number of benzene rings is 1. The molecule has 0 aromatic heterocycles. The Kier molecular flexibility index (Phi) is 4.43. The van der Waals surface area contributed by atoms with Gasteiger partial charge in [0.1, 0.15) is 5.75 Å². The fraction of sp³-hybridized carbons (Fsp3) is 0.533. The number of nitrogens with zero attached hydrogens (tertiary/aromatic N) is 1. The second-order valence-corrected chi connectivity index (χ2v) is 5.14. The van der Waals surface area contributed by atoms with E-state index >= 15 is 0 Å². The summed E-state index contributed by atoms with van der Waals surface area (Å²) in [5.41, 5.74) is 6.81. The van der Waals surface area contributed by atoms with E-state index < -0.39 is 0 Å². The van der Waals surface area contributed by atoms with Gasteiger partial charge >= 0.3 is 0 Å². The van der Waals surface area contributed by atoms with Crippen molar-refractivity contribution in [3.8, 4) is 5.75 Å². The summed E-state index contributed by atoms with van der Waals surface area (Å²) in [6.07, 6.45) is 1.99. The monoisotopic (exact) mass is 262 g/mol. The van der Waals surface area contributed by atoms with Crippen LogP contribution in [0.4, 0.5) is 0 Å². The number of carbonyl (C=O) groups excluding carboxylic acids is 1. The summed E-state index contributed by atoms with van der Waals surface area (Å²) in [5, 5.41) is 0. The first-order valence-corrected chi connectivity index (χ1v) is 6.77. The van der Waals surface area contributed by atoms with Crippen LogP contribution in [0.25, 0.3) is 0 Å². The number of carbonyl (C=O) groups is 1.